The standard InChI is InChI=1S/C15H19N3O/c1-10-4-6-13(7-5-10)19-9-15-17-11(2)14(8-16)12(3)18-15/h4-7H,8-9,16H2,1-3H3. The molecule has 0 unspecified atom stereocenters. The van der Waals surface area contributed by atoms with E-state index in [0.717, 1.165) is 22.7 Å². The van der Waals surface area contributed by atoms with Crippen LogP contribution in [0.1, 0.15) is 28.3 Å². The topological polar surface area (TPSA) is 61.0 Å². The molecule has 0 fully saturated rings. The van der Waals surface area contributed by atoms with E-state index >= 15 is 0 Å². The fourth-order valence-electron chi connectivity index (χ4n) is 1.95. The molecule has 0 spiro atoms. The average molecular weight is 257 g/mol. The zero-order valence-corrected chi connectivity index (χ0v) is 11.6. The minimum absolute atomic E-state index is 0.371. The van der Waals surface area contributed by atoms with Crippen LogP contribution >= 0.6 is 0 Å². The van der Waals surface area contributed by atoms with Crippen molar-refractivity contribution in [2.24, 2.45) is 5.73 Å². The van der Waals surface area contributed by atoms with E-state index in [-0.39, 0.29) is 0 Å². The molecular formula is C15H19N3O. The second-order valence-electron chi connectivity index (χ2n) is 4.60. The Hall–Kier alpha value is -1.94. The number of benzene rings is 1. The lowest BCUT2D eigenvalue weighted by Crippen LogP contribution is -2.10. The Morgan fingerprint density at radius 3 is 2.11 bits per heavy atom. The summed E-state index contributed by atoms with van der Waals surface area (Å²) in [6.45, 7) is 6.79. The molecule has 100 valence electrons. The van der Waals surface area contributed by atoms with Gasteiger partial charge in [0.25, 0.3) is 0 Å². The van der Waals surface area contributed by atoms with Crippen LogP contribution in [-0.2, 0) is 13.2 Å². The lowest BCUT2D eigenvalue weighted by atomic mass is 10.2. The first-order chi connectivity index (χ1) is 9.10. The maximum atomic E-state index is 5.67. The van der Waals surface area contributed by atoms with Gasteiger partial charge in [0.15, 0.2) is 5.82 Å². The number of aryl methyl sites for hydroxylation is 3. The van der Waals surface area contributed by atoms with Gasteiger partial charge in [-0.1, -0.05) is 17.7 Å². The van der Waals surface area contributed by atoms with Gasteiger partial charge in [0.2, 0.25) is 0 Å². The maximum Gasteiger partial charge on any atom is 0.166 e. The minimum atomic E-state index is 0.371. The summed E-state index contributed by atoms with van der Waals surface area (Å²) in [4.78, 5) is 8.84. The first-order valence-electron chi connectivity index (χ1n) is 6.32. The first kappa shape index (κ1) is 13.5. The van der Waals surface area contributed by atoms with E-state index in [2.05, 4.69) is 9.97 Å². The van der Waals surface area contributed by atoms with Crippen LogP contribution in [0.3, 0.4) is 0 Å². The van der Waals surface area contributed by atoms with Crippen LogP contribution in [0.25, 0.3) is 0 Å². The number of nitrogens with zero attached hydrogens (tertiary/aromatic N) is 2. The molecule has 0 aliphatic carbocycles. The number of hydrogen-bond acceptors (Lipinski definition) is 4. The van der Waals surface area contributed by atoms with Crippen LogP contribution < -0.4 is 10.5 Å². The molecule has 1 aromatic heterocycles. The fourth-order valence-corrected chi connectivity index (χ4v) is 1.95. The van der Waals surface area contributed by atoms with Crippen molar-refractivity contribution >= 4 is 0 Å². The number of rotatable bonds is 4. The van der Waals surface area contributed by atoms with Crippen LogP contribution in [0.15, 0.2) is 24.3 Å². The van der Waals surface area contributed by atoms with E-state index in [9.17, 15) is 0 Å². The quantitative estimate of drug-likeness (QED) is 0.913. The summed E-state index contributed by atoms with van der Waals surface area (Å²) in [5.41, 5.74) is 9.75. The molecule has 0 aliphatic rings. The highest BCUT2D eigenvalue weighted by Crippen LogP contribution is 2.14. The summed E-state index contributed by atoms with van der Waals surface area (Å²) < 4.78 is 5.67. The predicted octanol–water partition coefficient (Wildman–Crippen LogP) is 2.44. The second-order valence-corrected chi connectivity index (χ2v) is 4.60. The van der Waals surface area contributed by atoms with Gasteiger partial charge in [-0.2, -0.15) is 0 Å². The summed E-state index contributed by atoms with van der Waals surface area (Å²) in [7, 11) is 0. The van der Waals surface area contributed by atoms with E-state index in [1.54, 1.807) is 0 Å². The highest BCUT2D eigenvalue weighted by Gasteiger charge is 2.07. The third kappa shape index (κ3) is 3.29. The van der Waals surface area contributed by atoms with E-state index in [1.165, 1.54) is 5.56 Å². The molecule has 2 N–H and O–H groups in total. The average Bonchev–Trinajstić information content (AvgIpc) is 2.38. The molecule has 0 bridgehead atoms. The van der Waals surface area contributed by atoms with Crippen LogP contribution in [-0.4, -0.2) is 9.97 Å². The zero-order valence-electron chi connectivity index (χ0n) is 11.6. The van der Waals surface area contributed by atoms with Crippen LogP contribution in [0.4, 0.5) is 0 Å². The number of aromatic nitrogens is 2. The maximum absolute atomic E-state index is 5.67. The van der Waals surface area contributed by atoms with Gasteiger partial charge in [-0.05, 0) is 32.9 Å². The Balaban J connectivity index is 2.09. The Morgan fingerprint density at radius 2 is 1.58 bits per heavy atom. The lowest BCUT2D eigenvalue weighted by molar-refractivity contribution is 0.295. The normalized spacial score (nSPS) is 10.5. The van der Waals surface area contributed by atoms with Gasteiger partial charge in [0, 0.05) is 23.5 Å². The Morgan fingerprint density at radius 1 is 1.00 bits per heavy atom. The molecule has 19 heavy (non-hydrogen) atoms. The summed E-state index contributed by atoms with van der Waals surface area (Å²) >= 11 is 0. The minimum Gasteiger partial charge on any atom is -0.486 e. The van der Waals surface area contributed by atoms with Crippen molar-refractivity contribution in [3.63, 3.8) is 0 Å². The van der Waals surface area contributed by atoms with Crippen LogP contribution in [0.2, 0.25) is 0 Å². The van der Waals surface area contributed by atoms with Crippen molar-refractivity contribution in [2.75, 3.05) is 0 Å². The molecule has 4 heteroatoms. The molecule has 0 aliphatic heterocycles. The van der Waals surface area contributed by atoms with E-state index in [0.29, 0.717) is 19.0 Å². The molecule has 0 atom stereocenters. The molecule has 0 saturated heterocycles. The van der Waals surface area contributed by atoms with Gasteiger partial charge >= 0.3 is 0 Å². The number of ether oxygens (including phenoxy) is 1. The van der Waals surface area contributed by atoms with Gasteiger partial charge in [-0.3, -0.25) is 0 Å². The second kappa shape index (κ2) is 5.80. The SMILES string of the molecule is Cc1ccc(OCc2nc(C)c(CN)c(C)n2)cc1. The molecule has 0 radical (unpaired) electrons. The molecule has 2 rings (SSSR count). The predicted molar refractivity (Wildman–Crippen MR) is 74.9 cm³/mol. The van der Waals surface area contributed by atoms with Crippen molar-refractivity contribution in [1.29, 1.82) is 0 Å². The van der Waals surface area contributed by atoms with E-state index in [1.807, 2.05) is 45.0 Å². The third-order valence-corrected chi connectivity index (χ3v) is 3.06. The van der Waals surface area contributed by atoms with Crippen molar-refractivity contribution in [3.05, 3.63) is 52.6 Å². The van der Waals surface area contributed by atoms with Crippen LogP contribution in [0, 0.1) is 20.8 Å². The van der Waals surface area contributed by atoms with Gasteiger partial charge in [-0.15, -0.1) is 0 Å². The largest absolute Gasteiger partial charge is 0.486 e. The van der Waals surface area contributed by atoms with Gasteiger partial charge < -0.3 is 10.5 Å². The van der Waals surface area contributed by atoms with E-state index < -0.39 is 0 Å². The Labute approximate surface area is 113 Å². The van der Waals surface area contributed by atoms with Crippen LogP contribution in [0.5, 0.6) is 5.75 Å². The Kier molecular flexibility index (Phi) is 4.12. The monoisotopic (exact) mass is 257 g/mol. The highest BCUT2D eigenvalue weighted by molar-refractivity contribution is 5.27. The summed E-state index contributed by atoms with van der Waals surface area (Å²) in [6.07, 6.45) is 0. The first-order valence-corrected chi connectivity index (χ1v) is 6.32. The van der Waals surface area contributed by atoms with E-state index in [4.69, 9.17) is 10.5 Å². The number of hydrogen-bond donors (Lipinski definition) is 1. The van der Waals surface area contributed by atoms with Gasteiger partial charge in [0.05, 0.1) is 0 Å². The van der Waals surface area contributed by atoms with Crippen molar-refractivity contribution in [1.82, 2.24) is 9.97 Å². The summed E-state index contributed by atoms with van der Waals surface area (Å²) in [5.74, 6) is 1.51. The molecule has 1 heterocycles. The molecule has 4 nitrogen and oxygen atoms in total. The lowest BCUT2D eigenvalue weighted by Gasteiger charge is -2.10. The van der Waals surface area contributed by atoms with Gasteiger partial charge in [-0.25, -0.2) is 9.97 Å². The molecule has 0 saturated carbocycles. The third-order valence-electron chi connectivity index (χ3n) is 3.06. The molecule has 0 amide bonds. The molecular weight excluding hydrogens is 238 g/mol. The Bertz CT molecular complexity index is 541. The van der Waals surface area contributed by atoms with Crippen molar-refractivity contribution in [2.45, 2.75) is 33.9 Å². The number of nitrogens with two attached hydrogens (primary N) is 1. The summed E-state index contributed by atoms with van der Waals surface area (Å²) in [6, 6.07) is 7.93. The smallest absolute Gasteiger partial charge is 0.166 e. The highest BCUT2D eigenvalue weighted by atomic mass is 16.5. The zero-order chi connectivity index (χ0) is 13.8. The fraction of sp³-hybridized carbons (Fsp3) is 0.333. The van der Waals surface area contributed by atoms with Crippen molar-refractivity contribution < 1.29 is 4.74 Å². The summed E-state index contributed by atoms with van der Waals surface area (Å²) in [5, 5.41) is 0. The molecule has 2 aromatic rings. The molecule has 1 aromatic carbocycles. The van der Waals surface area contributed by atoms with Crippen molar-refractivity contribution in [3.8, 4) is 5.75 Å². The van der Waals surface area contributed by atoms with Gasteiger partial charge in [0.1, 0.15) is 12.4 Å².